The molecule has 0 saturated heterocycles. The molecule has 1 aliphatic carbocycles. The number of alkyl halides is 3. The van der Waals surface area contributed by atoms with E-state index in [9.17, 15) is 18.0 Å². The Labute approximate surface area is 179 Å². The maximum atomic E-state index is 12.9. The van der Waals surface area contributed by atoms with Gasteiger partial charge in [0.05, 0.1) is 16.1 Å². The van der Waals surface area contributed by atoms with Crippen LogP contribution in [0.2, 0.25) is 5.02 Å². The van der Waals surface area contributed by atoms with Gasteiger partial charge in [-0.25, -0.2) is 0 Å². The van der Waals surface area contributed by atoms with E-state index >= 15 is 0 Å². The van der Waals surface area contributed by atoms with Crippen LogP contribution >= 0.6 is 11.6 Å². The summed E-state index contributed by atoms with van der Waals surface area (Å²) in [7, 11) is 0. The minimum absolute atomic E-state index is 0.00771. The molecule has 1 aliphatic rings. The van der Waals surface area contributed by atoms with Crippen LogP contribution in [0.15, 0.2) is 29.5 Å². The number of nitrogens with one attached hydrogen (secondary N) is 3. The topological polar surface area (TPSA) is 91.0 Å². The first-order valence-electron chi connectivity index (χ1n) is 9.98. The van der Waals surface area contributed by atoms with Gasteiger partial charge in [-0.15, -0.1) is 0 Å². The molecule has 1 aromatic rings. The number of allylic oxidation sites excluding steroid dienone is 1. The zero-order chi connectivity index (χ0) is 22.5. The molecule has 0 atom stereocenters. The molecule has 1 fully saturated rings. The number of hydrogen-bond acceptors (Lipinski definition) is 3. The lowest BCUT2D eigenvalue weighted by Crippen LogP contribution is -2.40. The Bertz CT molecular complexity index is 815. The average molecular weight is 445 g/mol. The third-order valence-corrected chi connectivity index (χ3v) is 5.85. The predicted octanol–water partition coefficient (Wildman–Crippen LogP) is 4.86. The van der Waals surface area contributed by atoms with Crippen LogP contribution in [0.3, 0.4) is 0 Å². The van der Waals surface area contributed by atoms with E-state index in [-0.39, 0.29) is 16.6 Å². The number of nitrogens with two attached hydrogens (primary N) is 1. The first-order chi connectivity index (χ1) is 14.0. The first kappa shape index (κ1) is 24.1. The van der Waals surface area contributed by atoms with Gasteiger partial charge in [0, 0.05) is 23.9 Å². The van der Waals surface area contributed by atoms with Gasteiger partial charge in [0.1, 0.15) is 5.84 Å². The van der Waals surface area contributed by atoms with Crippen molar-refractivity contribution in [1.82, 2.24) is 10.6 Å². The molecule has 5 nitrogen and oxygen atoms in total. The van der Waals surface area contributed by atoms with Crippen molar-refractivity contribution in [3.63, 3.8) is 0 Å². The number of rotatable bonds is 6. The lowest BCUT2D eigenvalue weighted by atomic mass is 9.85. The second-order valence-electron chi connectivity index (χ2n) is 7.64. The summed E-state index contributed by atoms with van der Waals surface area (Å²) >= 11 is 5.94. The lowest BCUT2D eigenvalue weighted by Gasteiger charge is -2.29. The number of benzene rings is 1. The summed E-state index contributed by atoms with van der Waals surface area (Å²) in [5.41, 5.74) is 6.24. The third-order valence-electron chi connectivity index (χ3n) is 5.53. The van der Waals surface area contributed by atoms with Crippen LogP contribution < -0.4 is 16.4 Å². The van der Waals surface area contributed by atoms with E-state index in [2.05, 4.69) is 10.6 Å². The van der Waals surface area contributed by atoms with Crippen molar-refractivity contribution in [2.75, 3.05) is 6.54 Å². The summed E-state index contributed by atoms with van der Waals surface area (Å²) in [6.07, 6.45) is -0.729. The van der Waals surface area contributed by atoms with Crippen molar-refractivity contribution in [2.45, 2.75) is 58.2 Å². The molecule has 0 unspecified atom stereocenters. The van der Waals surface area contributed by atoms with Crippen LogP contribution in [0.5, 0.6) is 0 Å². The molecule has 0 spiro atoms. The maximum absolute atomic E-state index is 12.9. The smallest absolute Gasteiger partial charge is 0.402 e. The van der Waals surface area contributed by atoms with Crippen LogP contribution in [0.1, 0.15) is 61.9 Å². The summed E-state index contributed by atoms with van der Waals surface area (Å²) in [5, 5.41) is 14.0. The highest BCUT2D eigenvalue weighted by molar-refractivity contribution is 6.33. The summed E-state index contributed by atoms with van der Waals surface area (Å²) in [5.74, 6) is 0.0838. The molecule has 9 heteroatoms. The SMILES string of the molecule is CC/C(N)=C(\C)C(=N)NC[C@H]1CC[C@H](NC(=O)c2cc(C(F)(F)F)ccc2Cl)CC1. The predicted molar refractivity (Wildman–Crippen MR) is 113 cm³/mol. The molecule has 5 N–H and O–H groups in total. The van der Waals surface area contributed by atoms with Crippen molar-refractivity contribution >= 4 is 23.3 Å². The Kier molecular flexibility index (Phi) is 8.18. The standard InChI is InChI=1S/C21H28ClF3N4O/c1-3-18(26)12(2)19(27)28-11-13-4-7-15(8-5-13)29-20(30)16-10-14(21(23,24)25)6-9-17(16)22/h6,9-10,13,15H,3-5,7-8,11,26H2,1-2H3,(H2,27,28)(H,29,30)/b18-12-/t13-,15-. The highest BCUT2D eigenvalue weighted by Crippen LogP contribution is 2.32. The van der Waals surface area contributed by atoms with E-state index in [0.29, 0.717) is 43.3 Å². The number of hydrogen-bond donors (Lipinski definition) is 4. The highest BCUT2D eigenvalue weighted by Gasteiger charge is 2.32. The van der Waals surface area contributed by atoms with Gasteiger partial charge in [-0.2, -0.15) is 13.2 Å². The van der Waals surface area contributed by atoms with Gasteiger partial charge in [0.2, 0.25) is 0 Å². The molecule has 30 heavy (non-hydrogen) atoms. The van der Waals surface area contributed by atoms with Gasteiger partial charge in [-0.3, -0.25) is 10.2 Å². The number of carbonyl (C=O) groups is 1. The molecule has 1 saturated carbocycles. The fraction of sp³-hybridized carbons (Fsp3) is 0.524. The van der Waals surface area contributed by atoms with E-state index in [1.54, 1.807) is 0 Å². The molecule has 0 bridgehead atoms. The maximum Gasteiger partial charge on any atom is 0.416 e. The van der Waals surface area contributed by atoms with E-state index < -0.39 is 17.6 Å². The lowest BCUT2D eigenvalue weighted by molar-refractivity contribution is -0.137. The molecule has 0 aliphatic heterocycles. The Morgan fingerprint density at radius 2 is 1.90 bits per heavy atom. The largest absolute Gasteiger partial charge is 0.416 e. The zero-order valence-electron chi connectivity index (χ0n) is 17.1. The highest BCUT2D eigenvalue weighted by atomic mass is 35.5. The Morgan fingerprint density at radius 3 is 2.47 bits per heavy atom. The van der Waals surface area contributed by atoms with Gasteiger partial charge < -0.3 is 16.4 Å². The monoisotopic (exact) mass is 444 g/mol. The normalized spacial score (nSPS) is 20.3. The van der Waals surface area contributed by atoms with E-state index in [1.807, 2.05) is 13.8 Å². The fourth-order valence-electron chi connectivity index (χ4n) is 3.45. The first-order valence-corrected chi connectivity index (χ1v) is 10.4. The van der Waals surface area contributed by atoms with Crippen LogP contribution in [0.4, 0.5) is 13.2 Å². The Hall–Kier alpha value is -2.22. The Balaban J connectivity index is 1.87. The summed E-state index contributed by atoms with van der Waals surface area (Å²) < 4.78 is 38.7. The van der Waals surface area contributed by atoms with Crippen molar-refractivity contribution in [2.24, 2.45) is 11.7 Å². The molecule has 0 radical (unpaired) electrons. The van der Waals surface area contributed by atoms with E-state index in [0.717, 1.165) is 36.6 Å². The number of amidine groups is 1. The molecule has 0 heterocycles. The van der Waals surface area contributed by atoms with Crippen LogP contribution in [0, 0.1) is 11.3 Å². The second kappa shape index (κ2) is 10.2. The minimum Gasteiger partial charge on any atom is -0.402 e. The van der Waals surface area contributed by atoms with E-state index in [4.69, 9.17) is 22.7 Å². The van der Waals surface area contributed by atoms with Gasteiger partial charge in [0.15, 0.2) is 0 Å². The van der Waals surface area contributed by atoms with Crippen molar-refractivity contribution in [1.29, 1.82) is 5.41 Å². The summed E-state index contributed by atoms with van der Waals surface area (Å²) in [4.78, 5) is 12.5. The molecule has 1 amide bonds. The third kappa shape index (κ3) is 6.39. The van der Waals surface area contributed by atoms with Gasteiger partial charge in [0.25, 0.3) is 5.91 Å². The molecule has 1 aromatic carbocycles. The summed E-state index contributed by atoms with van der Waals surface area (Å²) in [6, 6.07) is 2.63. The fourth-order valence-corrected chi connectivity index (χ4v) is 3.66. The number of carbonyl (C=O) groups excluding carboxylic acids is 1. The average Bonchev–Trinajstić information content (AvgIpc) is 2.71. The quantitative estimate of drug-likeness (QED) is 0.373. The van der Waals surface area contributed by atoms with Gasteiger partial charge >= 0.3 is 6.18 Å². The van der Waals surface area contributed by atoms with Gasteiger partial charge in [-0.05, 0) is 63.1 Å². The molecular formula is C21H28ClF3N4O. The molecular weight excluding hydrogens is 417 g/mol. The minimum atomic E-state index is -4.53. The van der Waals surface area contributed by atoms with Crippen molar-refractivity contribution in [3.8, 4) is 0 Å². The van der Waals surface area contributed by atoms with Crippen molar-refractivity contribution in [3.05, 3.63) is 45.6 Å². The summed E-state index contributed by atoms with van der Waals surface area (Å²) in [6.45, 7) is 4.40. The van der Waals surface area contributed by atoms with Gasteiger partial charge in [-0.1, -0.05) is 18.5 Å². The molecule has 0 aromatic heterocycles. The van der Waals surface area contributed by atoms with Crippen LogP contribution in [-0.4, -0.2) is 24.3 Å². The zero-order valence-corrected chi connectivity index (χ0v) is 17.9. The second-order valence-corrected chi connectivity index (χ2v) is 8.05. The molecule has 166 valence electrons. The van der Waals surface area contributed by atoms with E-state index in [1.165, 1.54) is 0 Å². The Morgan fingerprint density at radius 1 is 1.27 bits per heavy atom. The number of amides is 1. The van der Waals surface area contributed by atoms with Crippen molar-refractivity contribution < 1.29 is 18.0 Å². The van der Waals surface area contributed by atoms with Crippen LogP contribution in [0.25, 0.3) is 0 Å². The number of halogens is 4. The van der Waals surface area contributed by atoms with Crippen LogP contribution in [-0.2, 0) is 6.18 Å². The molecule has 2 rings (SSSR count).